The second-order valence-corrected chi connectivity index (χ2v) is 8.46. The highest BCUT2D eigenvalue weighted by molar-refractivity contribution is 7.92. The van der Waals surface area contributed by atoms with E-state index in [4.69, 9.17) is 25.8 Å². The van der Waals surface area contributed by atoms with Crippen LogP contribution in [0.5, 0.6) is 17.2 Å². The highest BCUT2D eigenvalue weighted by atomic mass is 35.5. The predicted octanol–water partition coefficient (Wildman–Crippen LogP) is 2.87. The predicted molar refractivity (Wildman–Crippen MR) is 106 cm³/mol. The van der Waals surface area contributed by atoms with Gasteiger partial charge in [0.15, 0.2) is 11.5 Å². The summed E-state index contributed by atoms with van der Waals surface area (Å²) < 4.78 is 42.0. The number of hydrogen-bond donors (Lipinski definition) is 1. The number of fused-ring (bicyclic) bond motifs is 1. The van der Waals surface area contributed by atoms with E-state index in [0.29, 0.717) is 33.6 Å². The van der Waals surface area contributed by atoms with Crippen molar-refractivity contribution in [1.29, 1.82) is 0 Å². The smallest absolute Gasteiger partial charge is 0.245 e. The van der Waals surface area contributed by atoms with E-state index in [1.54, 1.807) is 24.3 Å². The lowest BCUT2D eigenvalue weighted by Gasteiger charge is -2.23. The summed E-state index contributed by atoms with van der Waals surface area (Å²) in [5.41, 5.74) is 0.652. The normalized spacial score (nSPS) is 12.5. The Balaban J connectivity index is 1.86. The Morgan fingerprint density at radius 1 is 1.21 bits per heavy atom. The Morgan fingerprint density at radius 2 is 1.96 bits per heavy atom. The van der Waals surface area contributed by atoms with Crippen molar-refractivity contribution in [3.05, 3.63) is 41.4 Å². The maximum absolute atomic E-state index is 12.6. The van der Waals surface area contributed by atoms with Crippen LogP contribution >= 0.6 is 11.6 Å². The summed E-state index contributed by atoms with van der Waals surface area (Å²) in [6, 6.07) is 9.45. The molecule has 2 aromatic rings. The Bertz CT molecular complexity index is 996. The van der Waals surface area contributed by atoms with Crippen LogP contribution in [0.4, 0.5) is 11.4 Å². The van der Waals surface area contributed by atoms with Gasteiger partial charge in [-0.2, -0.15) is 0 Å². The SMILES string of the molecule is CCS(=O)(=O)N(CC(=O)Nc1cc(Cl)ccc1OC)c1ccc2c(c1)OCO2. The van der Waals surface area contributed by atoms with Crippen molar-refractivity contribution in [2.75, 3.05) is 35.8 Å². The van der Waals surface area contributed by atoms with Crippen LogP contribution in [-0.2, 0) is 14.8 Å². The molecule has 0 fully saturated rings. The molecule has 10 heteroatoms. The minimum atomic E-state index is -3.72. The van der Waals surface area contributed by atoms with Crippen molar-refractivity contribution in [2.45, 2.75) is 6.92 Å². The Morgan fingerprint density at radius 3 is 2.68 bits per heavy atom. The number of nitrogens with zero attached hydrogens (tertiary/aromatic N) is 1. The Labute approximate surface area is 168 Å². The van der Waals surface area contributed by atoms with Gasteiger partial charge in [0.05, 0.1) is 24.2 Å². The third-order valence-corrected chi connectivity index (χ3v) is 6.04. The fourth-order valence-electron chi connectivity index (χ4n) is 2.64. The van der Waals surface area contributed by atoms with Gasteiger partial charge in [0.1, 0.15) is 12.3 Å². The zero-order chi connectivity index (χ0) is 20.3. The molecule has 0 bridgehead atoms. The third kappa shape index (κ3) is 4.26. The molecule has 0 atom stereocenters. The van der Waals surface area contributed by atoms with Crippen molar-refractivity contribution >= 4 is 38.9 Å². The molecule has 150 valence electrons. The molecule has 0 radical (unpaired) electrons. The highest BCUT2D eigenvalue weighted by Crippen LogP contribution is 2.36. The average Bonchev–Trinajstić information content (AvgIpc) is 3.14. The van der Waals surface area contributed by atoms with Gasteiger partial charge in [-0.25, -0.2) is 8.42 Å². The fraction of sp³-hybridized carbons (Fsp3) is 0.278. The molecule has 3 rings (SSSR count). The van der Waals surface area contributed by atoms with Crippen LogP contribution in [0.1, 0.15) is 6.92 Å². The number of sulfonamides is 1. The number of ether oxygens (including phenoxy) is 3. The zero-order valence-corrected chi connectivity index (χ0v) is 16.8. The van der Waals surface area contributed by atoms with E-state index in [-0.39, 0.29) is 12.5 Å². The van der Waals surface area contributed by atoms with Crippen molar-refractivity contribution in [3.8, 4) is 17.2 Å². The van der Waals surface area contributed by atoms with Crippen LogP contribution in [0, 0.1) is 0 Å². The van der Waals surface area contributed by atoms with Crippen LogP contribution in [-0.4, -0.2) is 40.5 Å². The molecule has 1 heterocycles. The maximum atomic E-state index is 12.6. The van der Waals surface area contributed by atoms with E-state index < -0.39 is 22.5 Å². The topological polar surface area (TPSA) is 94.2 Å². The molecule has 28 heavy (non-hydrogen) atoms. The second kappa shape index (κ2) is 8.15. The molecule has 8 nitrogen and oxygen atoms in total. The van der Waals surface area contributed by atoms with Crippen LogP contribution < -0.4 is 23.8 Å². The quantitative estimate of drug-likeness (QED) is 0.731. The molecule has 2 aromatic carbocycles. The monoisotopic (exact) mass is 426 g/mol. The minimum Gasteiger partial charge on any atom is -0.495 e. The number of nitrogens with one attached hydrogen (secondary N) is 1. The molecule has 1 amide bonds. The van der Waals surface area contributed by atoms with E-state index in [2.05, 4.69) is 5.32 Å². The summed E-state index contributed by atoms with van der Waals surface area (Å²) in [7, 11) is -2.27. The molecular weight excluding hydrogens is 408 g/mol. The Kier molecular flexibility index (Phi) is 5.85. The van der Waals surface area contributed by atoms with E-state index >= 15 is 0 Å². The Hall–Kier alpha value is -2.65. The zero-order valence-electron chi connectivity index (χ0n) is 15.3. The van der Waals surface area contributed by atoms with E-state index in [0.717, 1.165) is 4.31 Å². The highest BCUT2D eigenvalue weighted by Gasteiger charge is 2.26. The first-order valence-corrected chi connectivity index (χ1v) is 10.4. The number of methoxy groups -OCH3 is 1. The summed E-state index contributed by atoms with van der Waals surface area (Å²) in [5.74, 6) is 0.632. The molecule has 0 unspecified atom stereocenters. The molecule has 0 saturated heterocycles. The van der Waals surface area contributed by atoms with Crippen LogP contribution in [0.3, 0.4) is 0 Å². The van der Waals surface area contributed by atoms with Crippen molar-refractivity contribution in [3.63, 3.8) is 0 Å². The summed E-state index contributed by atoms with van der Waals surface area (Å²) in [6.45, 7) is 1.15. The number of halogens is 1. The van der Waals surface area contributed by atoms with Gasteiger partial charge in [-0.1, -0.05) is 11.6 Å². The number of carbonyl (C=O) groups excluding carboxylic acids is 1. The molecule has 1 aliphatic rings. The lowest BCUT2D eigenvalue weighted by atomic mass is 10.2. The number of carbonyl (C=O) groups is 1. The molecule has 0 aliphatic carbocycles. The summed E-state index contributed by atoms with van der Waals surface area (Å²) in [6.07, 6.45) is 0. The summed E-state index contributed by atoms with van der Waals surface area (Å²) in [5, 5.41) is 3.05. The molecular formula is C18H19ClN2O6S. The van der Waals surface area contributed by atoms with Gasteiger partial charge in [-0.05, 0) is 37.3 Å². The average molecular weight is 427 g/mol. The van der Waals surface area contributed by atoms with Gasteiger partial charge in [0, 0.05) is 11.1 Å². The number of hydrogen-bond acceptors (Lipinski definition) is 6. The second-order valence-electron chi connectivity index (χ2n) is 5.84. The van der Waals surface area contributed by atoms with Crippen molar-refractivity contribution in [1.82, 2.24) is 0 Å². The first-order valence-electron chi connectivity index (χ1n) is 8.37. The molecule has 1 N–H and O–H groups in total. The van der Waals surface area contributed by atoms with Crippen molar-refractivity contribution < 1.29 is 27.4 Å². The molecule has 0 aromatic heterocycles. The number of benzene rings is 2. The van der Waals surface area contributed by atoms with E-state index in [1.807, 2.05) is 0 Å². The van der Waals surface area contributed by atoms with Gasteiger partial charge in [-0.15, -0.1) is 0 Å². The molecule has 1 aliphatic heterocycles. The molecule has 0 spiro atoms. The standard InChI is InChI=1S/C18H19ClN2O6S/c1-3-28(23,24)21(13-5-7-16-17(9-13)27-11-26-16)10-18(22)20-14-8-12(19)4-6-15(14)25-2/h4-9H,3,10-11H2,1-2H3,(H,20,22). The summed E-state index contributed by atoms with van der Waals surface area (Å²) in [4.78, 5) is 12.6. The van der Waals surface area contributed by atoms with Crippen LogP contribution in [0.15, 0.2) is 36.4 Å². The minimum absolute atomic E-state index is 0.0639. The van der Waals surface area contributed by atoms with Crippen molar-refractivity contribution in [2.24, 2.45) is 0 Å². The number of amides is 1. The van der Waals surface area contributed by atoms with Gasteiger partial charge in [0.25, 0.3) is 0 Å². The van der Waals surface area contributed by atoms with Gasteiger partial charge in [0.2, 0.25) is 22.7 Å². The number of anilines is 2. The lowest BCUT2D eigenvalue weighted by Crippen LogP contribution is -2.39. The maximum Gasteiger partial charge on any atom is 0.245 e. The van der Waals surface area contributed by atoms with Crippen LogP contribution in [0.25, 0.3) is 0 Å². The largest absolute Gasteiger partial charge is 0.495 e. The summed E-state index contributed by atoms with van der Waals surface area (Å²) >= 11 is 5.97. The van der Waals surface area contributed by atoms with Gasteiger partial charge in [-0.3, -0.25) is 9.10 Å². The van der Waals surface area contributed by atoms with Gasteiger partial charge >= 0.3 is 0 Å². The van der Waals surface area contributed by atoms with Gasteiger partial charge < -0.3 is 19.5 Å². The first kappa shape index (κ1) is 20.1. The number of rotatable bonds is 7. The third-order valence-electron chi connectivity index (χ3n) is 4.07. The van der Waals surface area contributed by atoms with Crippen LogP contribution in [0.2, 0.25) is 5.02 Å². The first-order chi connectivity index (χ1) is 13.3. The molecule has 0 saturated carbocycles. The lowest BCUT2D eigenvalue weighted by molar-refractivity contribution is -0.114. The van der Waals surface area contributed by atoms with E-state index in [9.17, 15) is 13.2 Å². The van der Waals surface area contributed by atoms with E-state index in [1.165, 1.54) is 26.2 Å². The fourth-order valence-corrected chi connectivity index (χ4v) is 3.88.